The fourth-order valence-corrected chi connectivity index (χ4v) is 0.539. The maximum Gasteiger partial charge on any atom is 0.0927 e. The molecule has 2 nitrogen and oxygen atoms in total. The van der Waals surface area contributed by atoms with E-state index < -0.39 is 12.2 Å². The van der Waals surface area contributed by atoms with Gasteiger partial charge in [0.15, 0.2) is 0 Å². The molecule has 0 aromatic rings. The van der Waals surface area contributed by atoms with Crippen LogP contribution in [0.4, 0.5) is 0 Å². The van der Waals surface area contributed by atoms with Crippen LogP contribution < -0.4 is 0 Å². The summed E-state index contributed by atoms with van der Waals surface area (Å²) >= 11 is 0. The molecule has 2 heteroatoms. The van der Waals surface area contributed by atoms with Gasteiger partial charge in [-0.15, -0.1) is 0 Å². The van der Waals surface area contributed by atoms with Crippen LogP contribution in [0, 0.1) is 0 Å². The van der Waals surface area contributed by atoms with Gasteiger partial charge in [-0.2, -0.15) is 0 Å². The molecule has 0 bridgehead atoms. The first-order valence-electron chi connectivity index (χ1n) is 3.80. The molecule has 0 rings (SSSR count). The third-order valence-corrected chi connectivity index (χ3v) is 1.49. The summed E-state index contributed by atoms with van der Waals surface area (Å²) in [5, 5.41) is 18.5. The average Bonchev–Trinajstić information content (AvgIpc) is 1.98. The Morgan fingerprint density at radius 1 is 1.00 bits per heavy atom. The molecule has 2 atom stereocenters. The first-order valence-corrected chi connectivity index (χ1v) is 3.80. The molecule has 0 aliphatic heterocycles. The van der Waals surface area contributed by atoms with Crippen molar-refractivity contribution in [3.8, 4) is 0 Å². The van der Waals surface area contributed by atoms with Crippen molar-refractivity contribution >= 4 is 0 Å². The van der Waals surface area contributed by atoms with Crippen molar-refractivity contribution in [2.75, 3.05) is 0 Å². The molecule has 0 aromatic carbocycles. The van der Waals surface area contributed by atoms with Crippen LogP contribution in [0.2, 0.25) is 0 Å². The summed E-state index contributed by atoms with van der Waals surface area (Å²) in [6.45, 7) is 10.6. The van der Waals surface area contributed by atoms with E-state index in [1.54, 1.807) is 13.8 Å². The molecular weight excluding hydrogens is 152 g/mol. The summed E-state index contributed by atoms with van der Waals surface area (Å²) in [4.78, 5) is 0. The third-order valence-electron chi connectivity index (χ3n) is 1.49. The van der Waals surface area contributed by atoms with Crippen molar-refractivity contribution in [2.45, 2.75) is 26.1 Å². The molecular formula is C10H16O2. The lowest BCUT2D eigenvalue weighted by Gasteiger charge is -2.06. The minimum absolute atomic E-state index is 0.653. The standard InChI is InChI=1S/C10H16O2/c1-7(2)9(11)5-6-10(12)8(3)4/h5-6,9-12H,1,3H2,2,4H3. The van der Waals surface area contributed by atoms with Gasteiger partial charge in [0.1, 0.15) is 0 Å². The molecule has 0 aromatic heterocycles. The highest BCUT2D eigenvalue weighted by atomic mass is 16.3. The normalized spacial score (nSPS) is 16.0. The lowest BCUT2D eigenvalue weighted by Crippen LogP contribution is -2.07. The van der Waals surface area contributed by atoms with Crippen molar-refractivity contribution in [3.63, 3.8) is 0 Å². The van der Waals surface area contributed by atoms with Crippen LogP contribution in [-0.4, -0.2) is 22.4 Å². The number of rotatable bonds is 4. The van der Waals surface area contributed by atoms with E-state index in [1.807, 2.05) is 0 Å². The molecule has 0 amide bonds. The lowest BCUT2D eigenvalue weighted by molar-refractivity contribution is 0.244. The zero-order valence-electron chi connectivity index (χ0n) is 7.62. The zero-order chi connectivity index (χ0) is 9.72. The Kier molecular flexibility index (Phi) is 4.55. The Morgan fingerprint density at radius 3 is 1.42 bits per heavy atom. The molecule has 0 fully saturated rings. The van der Waals surface area contributed by atoms with Gasteiger partial charge in [-0.3, -0.25) is 0 Å². The summed E-state index contributed by atoms with van der Waals surface area (Å²) in [6.07, 6.45) is 1.64. The van der Waals surface area contributed by atoms with Gasteiger partial charge in [0.2, 0.25) is 0 Å². The largest absolute Gasteiger partial charge is 0.385 e. The monoisotopic (exact) mass is 168 g/mol. The van der Waals surface area contributed by atoms with Crippen LogP contribution in [0.1, 0.15) is 13.8 Å². The fourth-order valence-electron chi connectivity index (χ4n) is 0.539. The van der Waals surface area contributed by atoms with Gasteiger partial charge < -0.3 is 10.2 Å². The van der Waals surface area contributed by atoms with Crippen molar-refractivity contribution in [3.05, 3.63) is 36.5 Å². The van der Waals surface area contributed by atoms with E-state index in [-0.39, 0.29) is 0 Å². The van der Waals surface area contributed by atoms with E-state index >= 15 is 0 Å². The van der Waals surface area contributed by atoms with E-state index in [4.69, 9.17) is 0 Å². The molecule has 0 aliphatic carbocycles. The molecule has 12 heavy (non-hydrogen) atoms. The van der Waals surface area contributed by atoms with Crippen LogP contribution >= 0.6 is 0 Å². The van der Waals surface area contributed by atoms with E-state index in [9.17, 15) is 10.2 Å². The molecule has 0 aliphatic rings. The van der Waals surface area contributed by atoms with Gasteiger partial charge in [0.25, 0.3) is 0 Å². The summed E-state index contributed by atoms with van der Waals surface area (Å²) in [7, 11) is 0. The summed E-state index contributed by atoms with van der Waals surface area (Å²) in [5.74, 6) is 0. The van der Waals surface area contributed by atoms with Crippen LogP contribution in [0.25, 0.3) is 0 Å². The predicted molar refractivity (Wildman–Crippen MR) is 50.8 cm³/mol. The van der Waals surface area contributed by atoms with E-state index in [1.165, 1.54) is 12.2 Å². The highest BCUT2D eigenvalue weighted by Gasteiger charge is 2.01. The summed E-state index contributed by atoms with van der Waals surface area (Å²) < 4.78 is 0. The molecule has 0 heterocycles. The van der Waals surface area contributed by atoms with Crippen molar-refractivity contribution in [1.82, 2.24) is 0 Å². The highest BCUT2D eigenvalue weighted by Crippen LogP contribution is 2.03. The Bertz CT molecular complexity index is 182. The molecule has 0 spiro atoms. The molecule has 0 saturated heterocycles. The van der Waals surface area contributed by atoms with Gasteiger partial charge in [-0.25, -0.2) is 0 Å². The van der Waals surface area contributed by atoms with Crippen LogP contribution in [0.15, 0.2) is 36.5 Å². The van der Waals surface area contributed by atoms with Crippen molar-refractivity contribution in [1.29, 1.82) is 0 Å². The molecule has 0 saturated carbocycles. The lowest BCUT2D eigenvalue weighted by atomic mass is 10.1. The Labute approximate surface area is 73.5 Å². The summed E-state index contributed by atoms with van der Waals surface area (Å²) in [6, 6.07) is 0. The third kappa shape index (κ3) is 4.11. The molecule has 68 valence electrons. The second-order valence-corrected chi connectivity index (χ2v) is 2.97. The zero-order valence-corrected chi connectivity index (χ0v) is 7.62. The fraction of sp³-hybridized carbons (Fsp3) is 0.400. The smallest absolute Gasteiger partial charge is 0.0927 e. The Morgan fingerprint density at radius 2 is 1.25 bits per heavy atom. The second-order valence-electron chi connectivity index (χ2n) is 2.97. The number of hydrogen-bond donors (Lipinski definition) is 2. The summed E-state index contributed by atoms with van der Waals surface area (Å²) in [5.41, 5.74) is 1.31. The Balaban J connectivity index is 4.06. The van der Waals surface area contributed by atoms with Gasteiger partial charge in [-0.05, 0) is 25.0 Å². The minimum Gasteiger partial charge on any atom is -0.385 e. The van der Waals surface area contributed by atoms with Gasteiger partial charge in [0.05, 0.1) is 12.2 Å². The second kappa shape index (κ2) is 4.91. The number of aliphatic hydroxyl groups excluding tert-OH is 2. The van der Waals surface area contributed by atoms with Crippen molar-refractivity contribution in [2.24, 2.45) is 0 Å². The highest BCUT2D eigenvalue weighted by molar-refractivity contribution is 5.14. The predicted octanol–water partition coefficient (Wildman–Crippen LogP) is 1.42. The van der Waals surface area contributed by atoms with E-state index in [0.29, 0.717) is 11.1 Å². The topological polar surface area (TPSA) is 40.5 Å². The average molecular weight is 168 g/mol. The quantitative estimate of drug-likeness (QED) is 0.623. The van der Waals surface area contributed by atoms with Crippen LogP contribution in [0.5, 0.6) is 0 Å². The minimum atomic E-state index is -0.681. The molecule has 2 N–H and O–H groups in total. The van der Waals surface area contributed by atoms with Gasteiger partial charge in [-0.1, -0.05) is 25.3 Å². The maximum absolute atomic E-state index is 9.23. The number of hydrogen-bond acceptors (Lipinski definition) is 2. The van der Waals surface area contributed by atoms with E-state index in [2.05, 4.69) is 13.2 Å². The van der Waals surface area contributed by atoms with Crippen molar-refractivity contribution < 1.29 is 10.2 Å². The molecule has 2 unspecified atom stereocenters. The van der Waals surface area contributed by atoms with E-state index in [0.717, 1.165) is 0 Å². The van der Waals surface area contributed by atoms with Gasteiger partial charge >= 0.3 is 0 Å². The van der Waals surface area contributed by atoms with Gasteiger partial charge in [0, 0.05) is 0 Å². The Hall–Kier alpha value is -0.860. The molecule has 0 radical (unpaired) electrons. The first-order chi connectivity index (χ1) is 5.45. The number of aliphatic hydroxyl groups is 2. The SMILES string of the molecule is C=C(C)C(O)C=CC(O)C(=C)C. The van der Waals surface area contributed by atoms with Crippen LogP contribution in [0.3, 0.4) is 0 Å². The maximum atomic E-state index is 9.23. The van der Waals surface area contributed by atoms with Crippen LogP contribution in [-0.2, 0) is 0 Å². The first kappa shape index (κ1) is 11.1.